The number of aliphatic imine (C=N–C) groups is 1. The highest BCUT2D eigenvalue weighted by Crippen LogP contribution is 2.60. The Morgan fingerprint density at radius 2 is 1.41 bits per heavy atom. The Bertz CT molecular complexity index is 470. The van der Waals surface area contributed by atoms with E-state index in [9.17, 15) is 0 Å². The molecule has 3 N–H and O–H groups in total. The SMILES string of the molecule is Cl.Cl.NC(=NCC12CC3CC(CC(C3)C1)C2)NCCCCCCCN1CCCC1. The van der Waals surface area contributed by atoms with Gasteiger partial charge in [0.1, 0.15) is 0 Å². The molecule has 1 heterocycles. The van der Waals surface area contributed by atoms with Crippen molar-refractivity contribution in [3.63, 3.8) is 0 Å². The summed E-state index contributed by atoms with van der Waals surface area (Å²) < 4.78 is 0. The molecule has 0 spiro atoms. The van der Waals surface area contributed by atoms with Crippen LogP contribution < -0.4 is 11.1 Å². The Kier molecular flexibility index (Phi) is 10.4. The molecule has 0 radical (unpaired) electrons. The molecule has 0 atom stereocenters. The van der Waals surface area contributed by atoms with Crippen LogP contribution in [-0.4, -0.2) is 43.6 Å². The van der Waals surface area contributed by atoms with E-state index in [1.165, 1.54) is 103 Å². The summed E-state index contributed by atoms with van der Waals surface area (Å²) >= 11 is 0. The van der Waals surface area contributed by atoms with E-state index in [4.69, 9.17) is 10.7 Å². The van der Waals surface area contributed by atoms with Gasteiger partial charge in [0.05, 0.1) is 0 Å². The lowest BCUT2D eigenvalue weighted by Gasteiger charge is -2.56. The van der Waals surface area contributed by atoms with Crippen LogP contribution in [0.15, 0.2) is 4.99 Å². The molecular formula is C23H44Cl2N4. The van der Waals surface area contributed by atoms with Crippen molar-refractivity contribution >= 4 is 30.8 Å². The number of nitrogens with one attached hydrogen (secondary N) is 1. The van der Waals surface area contributed by atoms with Gasteiger partial charge in [0.15, 0.2) is 5.96 Å². The summed E-state index contributed by atoms with van der Waals surface area (Å²) in [5.74, 6) is 3.71. The fourth-order valence-electron chi connectivity index (χ4n) is 7.01. The van der Waals surface area contributed by atoms with Crippen LogP contribution in [0, 0.1) is 23.2 Å². The number of rotatable bonds is 10. The molecule has 0 unspecified atom stereocenters. The zero-order valence-electron chi connectivity index (χ0n) is 18.2. The minimum Gasteiger partial charge on any atom is -0.370 e. The average molecular weight is 448 g/mol. The van der Waals surface area contributed by atoms with E-state index in [2.05, 4.69) is 10.2 Å². The monoisotopic (exact) mass is 446 g/mol. The molecule has 0 aromatic heterocycles. The van der Waals surface area contributed by atoms with E-state index in [0.29, 0.717) is 11.4 Å². The number of nitrogens with zero attached hydrogens (tertiary/aromatic N) is 2. The smallest absolute Gasteiger partial charge is 0.188 e. The van der Waals surface area contributed by atoms with Crippen molar-refractivity contribution in [3.8, 4) is 0 Å². The Balaban J connectivity index is 0.00000150. The van der Waals surface area contributed by atoms with Crippen LogP contribution in [-0.2, 0) is 0 Å². The molecule has 4 aliphatic carbocycles. The second kappa shape index (κ2) is 12.0. The number of guanidine groups is 1. The van der Waals surface area contributed by atoms with Crippen molar-refractivity contribution in [2.45, 2.75) is 83.5 Å². The van der Waals surface area contributed by atoms with Crippen molar-refractivity contribution in [1.82, 2.24) is 10.2 Å². The Morgan fingerprint density at radius 1 is 0.862 bits per heavy atom. The van der Waals surface area contributed by atoms with Gasteiger partial charge >= 0.3 is 0 Å². The molecule has 0 amide bonds. The zero-order valence-corrected chi connectivity index (χ0v) is 19.9. The van der Waals surface area contributed by atoms with Gasteiger partial charge in [0.2, 0.25) is 0 Å². The fraction of sp³-hybridized carbons (Fsp3) is 0.957. The van der Waals surface area contributed by atoms with Crippen LogP contribution in [0.3, 0.4) is 0 Å². The first-order valence-electron chi connectivity index (χ1n) is 12.0. The van der Waals surface area contributed by atoms with E-state index >= 15 is 0 Å². The maximum absolute atomic E-state index is 6.17. The highest BCUT2D eigenvalue weighted by atomic mass is 35.5. The van der Waals surface area contributed by atoms with Gasteiger partial charge in [0.25, 0.3) is 0 Å². The van der Waals surface area contributed by atoms with Crippen molar-refractivity contribution in [2.75, 3.05) is 32.7 Å². The quantitative estimate of drug-likeness (QED) is 0.282. The summed E-state index contributed by atoms with van der Waals surface area (Å²) in [4.78, 5) is 7.41. The number of nitrogens with two attached hydrogens (primary N) is 1. The molecule has 5 fully saturated rings. The molecular weight excluding hydrogens is 403 g/mol. The number of unbranched alkanes of at least 4 members (excludes halogenated alkanes) is 4. The highest BCUT2D eigenvalue weighted by molar-refractivity contribution is 5.85. The summed E-state index contributed by atoms with van der Waals surface area (Å²) in [6, 6.07) is 0. The second-order valence-corrected chi connectivity index (χ2v) is 10.4. The first-order valence-corrected chi connectivity index (χ1v) is 12.0. The second-order valence-electron chi connectivity index (χ2n) is 10.4. The molecule has 5 aliphatic rings. The van der Waals surface area contributed by atoms with E-state index < -0.39 is 0 Å². The zero-order chi connectivity index (χ0) is 18.5. The number of likely N-dealkylation sites (tertiary alicyclic amines) is 1. The van der Waals surface area contributed by atoms with Gasteiger partial charge in [-0.15, -0.1) is 24.8 Å². The summed E-state index contributed by atoms with van der Waals surface area (Å²) in [5, 5.41) is 3.37. The lowest BCUT2D eigenvalue weighted by Crippen LogP contribution is -2.48. The predicted molar refractivity (Wildman–Crippen MR) is 128 cm³/mol. The highest BCUT2D eigenvalue weighted by Gasteiger charge is 2.50. The molecule has 4 bridgehead atoms. The third-order valence-corrected chi connectivity index (χ3v) is 7.91. The van der Waals surface area contributed by atoms with Crippen LogP contribution in [0.25, 0.3) is 0 Å². The van der Waals surface area contributed by atoms with E-state index in [0.717, 1.165) is 30.8 Å². The van der Waals surface area contributed by atoms with E-state index in [-0.39, 0.29) is 24.8 Å². The predicted octanol–water partition coefficient (Wildman–Crippen LogP) is 5.00. The molecule has 4 nitrogen and oxygen atoms in total. The summed E-state index contributed by atoms with van der Waals surface area (Å²) in [6.07, 6.45) is 18.3. The van der Waals surface area contributed by atoms with Crippen molar-refractivity contribution in [1.29, 1.82) is 0 Å². The molecule has 170 valence electrons. The molecule has 6 heteroatoms. The summed E-state index contributed by atoms with van der Waals surface area (Å²) in [5.41, 5.74) is 6.68. The summed E-state index contributed by atoms with van der Waals surface area (Å²) in [6.45, 7) is 5.97. The van der Waals surface area contributed by atoms with Crippen LogP contribution in [0.5, 0.6) is 0 Å². The lowest BCUT2D eigenvalue weighted by atomic mass is 9.49. The van der Waals surface area contributed by atoms with Crippen LogP contribution in [0.1, 0.15) is 83.5 Å². The van der Waals surface area contributed by atoms with Gasteiger partial charge in [-0.3, -0.25) is 4.99 Å². The van der Waals surface area contributed by atoms with Gasteiger partial charge in [-0.2, -0.15) is 0 Å². The van der Waals surface area contributed by atoms with Crippen LogP contribution in [0.4, 0.5) is 0 Å². The van der Waals surface area contributed by atoms with Crippen LogP contribution in [0.2, 0.25) is 0 Å². The summed E-state index contributed by atoms with van der Waals surface area (Å²) in [7, 11) is 0. The standard InChI is InChI=1S/C23H42N4.2ClH/c24-22(25-8-4-2-1-3-5-9-27-10-6-7-11-27)26-18-23-15-19-12-20(16-23)14-21(13-19)17-23;;/h19-21H,1-18H2,(H3,24,25,26);2*1H. The number of hydrogen-bond donors (Lipinski definition) is 2. The Morgan fingerprint density at radius 3 is 2.03 bits per heavy atom. The average Bonchev–Trinajstić information content (AvgIpc) is 3.15. The number of hydrogen-bond acceptors (Lipinski definition) is 2. The molecule has 5 rings (SSSR count). The molecule has 0 aromatic carbocycles. The minimum absolute atomic E-state index is 0. The third kappa shape index (κ3) is 7.18. The van der Waals surface area contributed by atoms with Gasteiger partial charge in [-0.05, 0) is 107 Å². The van der Waals surface area contributed by atoms with Gasteiger partial charge < -0.3 is 16.0 Å². The third-order valence-electron chi connectivity index (χ3n) is 7.91. The molecule has 1 saturated heterocycles. The number of halogens is 2. The largest absolute Gasteiger partial charge is 0.370 e. The van der Waals surface area contributed by atoms with Crippen molar-refractivity contribution < 1.29 is 0 Å². The van der Waals surface area contributed by atoms with Gasteiger partial charge in [-0.1, -0.05) is 19.3 Å². The molecule has 4 saturated carbocycles. The molecule has 1 aliphatic heterocycles. The maximum atomic E-state index is 6.17. The van der Waals surface area contributed by atoms with E-state index in [1.807, 2.05) is 0 Å². The van der Waals surface area contributed by atoms with Crippen LogP contribution >= 0.6 is 24.8 Å². The lowest BCUT2D eigenvalue weighted by molar-refractivity contribution is -0.0465. The maximum Gasteiger partial charge on any atom is 0.188 e. The molecule has 0 aromatic rings. The topological polar surface area (TPSA) is 53.6 Å². The molecule has 29 heavy (non-hydrogen) atoms. The Labute approximate surface area is 191 Å². The van der Waals surface area contributed by atoms with Crippen molar-refractivity contribution in [2.24, 2.45) is 33.9 Å². The van der Waals surface area contributed by atoms with Gasteiger partial charge in [0, 0.05) is 13.1 Å². The first kappa shape index (κ1) is 25.1. The first-order chi connectivity index (χ1) is 13.2. The van der Waals surface area contributed by atoms with E-state index in [1.54, 1.807) is 0 Å². The van der Waals surface area contributed by atoms with Crippen molar-refractivity contribution in [3.05, 3.63) is 0 Å². The fourth-order valence-corrected chi connectivity index (χ4v) is 7.01. The van der Waals surface area contributed by atoms with Gasteiger partial charge in [-0.25, -0.2) is 0 Å². The normalized spacial score (nSPS) is 33.4. The Hall–Kier alpha value is -0.190. The minimum atomic E-state index is 0.